The van der Waals surface area contributed by atoms with Crippen LogP contribution in [-0.4, -0.2) is 59.7 Å². The van der Waals surface area contributed by atoms with Crippen LogP contribution in [0, 0.1) is 10.8 Å². The van der Waals surface area contributed by atoms with Crippen molar-refractivity contribution in [3.63, 3.8) is 0 Å². The van der Waals surface area contributed by atoms with E-state index < -0.39 is 31.0 Å². The molecule has 210 valence electrons. The molecule has 8 nitrogen and oxygen atoms in total. The van der Waals surface area contributed by atoms with E-state index in [4.69, 9.17) is 33.3 Å². The Morgan fingerprint density at radius 3 is 2.11 bits per heavy atom. The summed E-state index contributed by atoms with van der Waals surface area (Å²) in [6.45, 7) is 7.20. The molecule has 2 rings (SSSR count). The smallest absolute Gasteiger partial charge is 0.390 e. The Hall–Kier alpha value is -2.92. The van der Waals surface area contributed by atoms with Gasteiger partial charge in [-0.2, -0.15) is 13.2 Å². The first-order valence-electron chi connectivity index (χ1n) is 11.9. The number of halogens is 4. The molecule has 1 aliphatic carbocycles. The maximum absolute atomic E-state index is 12.7. The van der Waals surface area contributed by atoms with Crippen LogP contribution in [0.15, 0.2) is 35.5 Å². The number of allylic oxidation sites excluding steroid dienone is 1. The molecule has 12 heteroatoms. The van der Waals surface area contributed by atoms with Crippen molar-refractivity contribution in [1.29, 1.82) is 10.8 Å². The predicted molar refractivity (Wildman–Crippen MR) is 142 cm³/mol. The summed E-state index contributed by atoms with van der Waals surface area (Å²) in [7, 11) is 1.00. The summed E-state index contributed by atoms with van der Waals surface area (Å²) >= 11 is 5.79. The van der Waals surface area contributed by atoms with Crippen LogP contribution in [-0.2, 0) is 4.79 Å². The Kier molecular flexibility index (Phi) is 18.8. The number of carbonyl (C=O) groups is 2. The van der Waals surface area contributed by atoms with Gasteiger partial charge in [0.25, 0.3) is 0 Å². The van der Waals surface area contributed by atoms with Crippen molar-refractivity contribution in [1.82, 2.24) is 10.2 Å². The van der Waals surface area contributed by atoms with E-state index in [-0.39, 0.29) is 48.6 Å². The van der Waals surface area contributed by atoms with Crippen molar-refractivity contribution < 1.29 is 27.9 Å². The first-order chi connectivity index (χ1) is 17.4. The monoisotopic (exact) mass is 549 g/mol. The number of nitrogens with zero attached hydrogens (tertiary/aromatic N) is 1. The van der Waals surface area contributed by atoms with Gasteiger partial charge >= 0.3 is 12.2 Å². The minimum Gasteiger partial charge on any atom is -0.401 e. The summed E-state index contributed by atoms with van der Waals surface area (Å²) in [6.07, 6.45) is -4.01. The molecule has 2 amide bonds. The van der Waals surface area contributed by atoms with Crippen molar-refractivity contribution in [3.8, 4) is 0 Å². The Labute approximate surface area is 222 Å². The van der Waals surface area contributed by atoms with Gasteiger partial charge in [-0.25, -0.2) is 4.79 Å². The zero-order chi connectivity index (χ0) is 29.2. The van der Waals surface area contributed by atoms with Gasteiger partial charge in [0.2, 0.25) is 0 Å². The van der Waals surface area contributed by atoms with E-state index >= 15 is 0 Å². The number of nitrogens with one attached hydrogen (secondary N) is 3. The molecular weight excluding hydrogens is 511 g/mol. The van der Waals surface area contributed by atoms with E-state index in [9.17, 15) is 22.8 Å². The highest BCUT2D eigenvalue weighted by atomic mass is 35.5. The van der Waals surface area contributed by atoms with Crippen molar-refractivity contribution in [3.05, 3.63) is 46.1 Å². The Bertz CT molecular complexity index is 904. The summed E-state index contributed by atoms with van der Waals surface area (Å²) in [5.41, 5.74) is 6.69. The number of ketones is 1. The first-order valence-corrected chi connectivity index (χ1v) is 12.3. The van der Waals surface area contributed by atoms with Gasteiger partial charge in [0.1, 0.15) is 11.6 Å². The molecule has 1 aliphatic rings. The standard InChI is InChI=1S/C19H21ClF3N5O2.C3H8.C2H6.CH4O/c20-12-3-1-11(2-4-12)17(26)28(8-7-19(21,22)23)18(30)27-10-16(25)14-6-5-13(29)9-15(14)24;1-3-2;2*1-2/h1-4,25-26H,5-10,24H2,(H,27,30);3H2,1-2H3;1-2H3;2H,1H3. The van der Waals surface area contributed by atoms with Gasteiger partial charge < -0.3 is 21.6 Å². The molecule has 1 aromatic carbocycles. The summed E-state index contributed by atoms with van der Waals surface area (Å²) in [4.78, 5) is 24.6. The highest BCUT2D eigenvalue weighted by molar-refractivity contribution is 6.30. The number of alkyl halides is 3. The normalized spacial score (nSPS) is 12.5. The van der Waals surface area contributed by atoms with Gasteiger partial charge in [0.15, 0.2) is 0 Å². The summed E-state index contributed by atoms with van der Waals surface area (Å²) < 4.78 is 38.1. The van der Waals surface area contributed by atoms with Crippen LogP contribution in [0.25, 0.3) is 0 Å². The highest BCUT2D eigenvalue weighted by Crippen LogP contribution is 2.22. The van der Waals surface area contributed by atoms with Crippen LogP contribution >= 0.6 is 11.6 Å². The van der Waals surface area contributed by atoms with Crippen LogP contribution < -0.4 is 11.1 Å². The fraction of sp³-hybridized carbons (Fsp3) is 0.520. The molecule has 0 radical (unpaired) electrons. The van der Waals surface area contributed by atoms with Gasteiger partial charge in [-0.3, -0.25) is 15.1 Å². The van der Waals surface area contributed by atoms with E-state index in [0.717, 1.165) is 7.11 Å². The van der Waals surface area contributed by atoms with E-state index in [0.29, 0.717) is 15.5 Å². The number of hydrogen-bond donors (Lipinski definition) is 5. The number of hydrogen-bond acceptors (Lipinski definition) is 6. The van der Waals surface area contributed by atoms with Crippen molar-refractivity contribution >= 4 is 35.0 Å². The number of urea groups is 1. The highest BCUT2D eigenvalue weighted by Gasteiger charge is 2.31. The molecule has 0 fully saturated rings. The van der Waals surface area contributed by atoms with E-state index in [2.05, 4.69) is 19.2 Å². The quantitative estimate of drug-likeness (QED) is 0.230. The Balaban J connectivity index is 0. The maximum Gasteiger partial charge on any atom is 0.390 e. The van der Waals surface area contributed by atoms with Gasteiger partial charge in [0, 0.05) is 42.8 Å². The molecule has 6 N–H and O–H groups in total. The molecule has 37 heavy (non-hydrogen) atoms. The third-order valence-corrected chi connectivity index (χ3v) is 4.71. The molecule has 0 saturated carbocycles. The van der Waals surface area contributed by atoms with E-state index in [1.807, 2.05) is 13.8 Å². The zero-order valence-electron chi connectivity index (χ0n) is 22.1. The minimum atomic E-state index is -4.51. The van der Waals surface area contributed by atoms with Crippen LogP contribution in [0.3, 0.4) is 0 Å². The number of carbonyl (C=O) groups excluding carboxylic acids is 2. The van der Waals surface area contributed by atoms with Gasteiger partial charge in [-0.05, 0) is 36.3 Å². The molecule has 0 unspecified atom stereocenters. The Morgan fingerprint density at radius 1 is 1.14 bits per heavy atom. The lowest BCUT2D eigenvalue weighted by Gasteiger charge is -2.25. The maximum atomic E-state index is 12.7. The van der Waals surface area contributed by atoms with Gasteiger partial charge in [-0.1, -0.05) is 45.7 Å². The summed E-state index contributed by atoms with van der Waals surface area (Å²) in [5.74, 6) is -0.468. The predicted octanol–water partition coefficient (Wildman–Crippen LogP) is 5.67. The first kappa shape index (κ1) is 36.2. The third-order valence-electron chi connectivity index (χ3n) is 4.46. The largest absolute Gasteiger partial charge is 0.401 e. The topological polar surface area (TPSA) is 143 Å². The molecule has 0 saturated heterocycles. The molecule has 0 bridgehead atoms. The van der Waals surface area contributed by atoms with Crippen LogP contribution in [0.1, 0.15) is 65.4 Å². The van der Waals surface area contributed by atoms with E-state index in [1.165, 1.54) is 30.7 Å². The summed E-state index contributed by atoms with van der Waals surface area (Å²) in [6, 6.07) is 4.81. The third kappa shape index (κ3) is 14.4. The molecule has 0 heterocycles. The number of benzene rings is 1. The molecule has 0 aliphatic heterocycles. The number of Topliss-reactive ketones (excluding diaryl/α,β-unsaturated/α-hetero) is 1. The lowest BCUT2D eigenvalue weighted by Crippen LogP contribution is -2.46. The fourth-order valence-electron chi connectivity index (χ4n) is 2.86. The van der Waals surface area contributed by atoms with Crippen molar-refractivity contribution in [2.24, 2.45) is 5.73 Å². The number of amidine groups is 1. The SMILES string of the molecule is CC.CCC.CO.N=C(CNC(=O)N(CCC(F)(F)F)C(=N)c1ccc(Cl)cc1)C1=C(N)CC(=O)CC1. The minimum absolute atomic E-state index is 0.0258. The van der Waals surface area contributed by atoms with E-state index in [1.54, 1.807) is 0 Å². The number of amides is 2. The molecule has 0 atom stereocenters. The van der Waals surface area contributed by atoms with Crippen molar-refractivity contribution in [2.75, 3.05) is 20.2 Å². The fourth-order valence-corrected chi connectivity index (χ4v) is 2.99. The summed E-state index contributed by atoms with van der Waals surface area (Å²) in [5, 5.41) is 26.0. The second-order valence-corrected chi connectivity index (χ2v) is 7.87. The average molecular weight is 550 g/mol. The molecule has 0 aromatic heterocycles. The lowest BCUT2D eigenvalue weighted by molar-refractivity contribution is -0.135. The number of aliphatic hydroxyl groups excluding tert-OH is 1. The number of rotatable bonds is 6. The molecule has 0 spiro atoms. The average Bonchev–Trinajstić information content (AvgIpc) is 2.85. The molecule has 1 aromatic rings. The Morgan fingerprint density at radius 2 is 1.65 bits per heavy atom. The van der Waals surface area contributed by atoms with Gasteiger partial charge in [-0.15, -0.1) is 0 Å². The second-order valence-electron chi connectivity index (χ2n) is 7.44. The second kappa shape index (κ2) is 19.2. The zero-order valence-corrected chi connectivity index (χ0v) is 22.8. The van der Waals surface area contributed by atoms with Crippen LogP contribution in [0.4, 0.5) is 18.0 Å². The van der Waals surface area contributed by atoms with Crippen LogP contribution in [0.2, 0.25) is 5.02 Å². The van der Waals surface area contributed by atoms with Crippen LogP contribution in [0.5, 0.6) is 0 Å². The number of nitrogens with two attached hydrogens (primary N) is 1. The molecular formula is C25H39ClF3N5O3. The van der Waals surface area contributed by atoms with Gasteiger partial charge in [0.05, 0.1) is 18.7 Å². The van der Waals surface area contributed by atoms with Crippen molar-refractivity contribution in [2.45, 2.75) is 66.0 Å². The lowest BCUT2D eigenvalue weighted by atomic mass is 9.92. The number of aliphatic hydroxyl groups is 1.